The van der Waals surface area contributed by atoms with Gasteiger partial charge in [-0.25, -0.2) is 0 Å². The predicted molar refractivity (Wildman–Crippen MR) is 239 cm³/mol. The maximum atomic E-state index is 12.6. The van der Waals surface area contributed by atoms with E-state index < -0.39 is 74.7 Å². The molecule has 0 spiro atoms. The van der Waals surface area contributed by atoms with E-state index in [-0.39, 0.29) is 73.2 Å². The number of amides is 4. The fraction of sp³-hybridized carbons (Fsp3) is 0.905. The summed E-state index contributed by atoms with van der Waals surface area (Å²) < 4.78 is 25.0. The first-order valence-corrected chi connectivity index (χ1v) is 26.6. The van der Waals surface area contributed by atoms with Crippen LogP contribution in [0.3, 0.4) is 0 Å². The summed E-state index contributed by atoms with van der Waals surface area (Å²) in [4.78, 5) is 70.3. The third-order valence-electron chi connectivity index (χ3n) is 11.7. The molecule has 9 atom stereocenters. The molecule has 2 aliphatic carbocycles. The highest BCUT2D eigenvalue weighted by Gasteiger charge is 2.33. The number of aliphatic hydroxyl groups is 2. The van der Waals surface area contributed by atoms with Gasteiger partial charge in [0.05, 0.1) is 36.6 Å². The first-order valence-electron chi connectivity index (χ1n) is 22.5. The number of aliphatic hydroxyl groups excluding tert-OH is 2. The Morgan fingerprint density at radius 2 is 1.00 bits per heavy atom. The highest BCUT2D eigenvalue weighted by Crippen LogP contribution is 2.47. The number of carbonyl (C=O) groups excluding carboxylic acids is 4. The quantitative estimate of drug-likeness (QED) is 0.0622. The first kappa shape index (κ1) is 56.1. The molecule has 2 aliphatic rings. The van der Waals surface area contributed by atoms with Crippen molar-refractivity contribution >= 4 is 38.4 Å². The number of hydrogen-bond donors (Lipinski definition) is 10. The Morgan fingerprint density at radius 1 is 0.617 bits per heavy atom. The second-order valence-electron chi connectivity index (χ2n) is 18.8. The molecule has 0 radical (unpaired) electrons. The third-order valence-corrected chi connectivity index (χ3v) is 15.9. The van der Waals surface area contributed by atoms with E-state index in [4.69, 9.17) is 11.5 Å². The Balaban J connectivity index is 0.000000600. The van der Waals surface area contributed by atoms with Gasteiger partial charge in [0.1, 0.15) is 12.1 Å². The molecule has 0 aromatic heterocycles. The summed E-state index contributed by atoms with van der Waals surface area (Å²) in [6.45, 7) is 14.7. The lowest BCUT2D eigenvalue weighted by Gasteiger charge is -2.27. The average molecular weight is 895 g/mol. The van der Waals surface area contributed by atoms with Crippen molar-refractivity contribution in [3.8, 4) is 0 Å². The molecule has 12 N–H and O–H groups in total. The van der Waals surface area contributed by atoms with Gasteiger partial charge in [0.25, 0.3) is 0 Å². The molecule has 2 rings (SSSR count). The van der Waals surface area contributed by atoms with E-state index in [1.54, 1.807) is 0 Å². The van der Waals surface area contributed by atoms with Crippen LogP contribution in [0.4, 0.5) is 0 Å². The zero-order chi connectivity index (χ0) is 45.8. The van der Waals surface area contributed by atoms with Gasteiger partial charge in [-0.3, -0.25) is 28.3 Å². The van der Waals surface area contributed by atoms with E-state index in [0.717, 1.165) is 51.4 Å². The molecular formula is C42H84N6O10P2. The number of nitrogens with one attached hydrogen (secondary N) is 4. The molecule has 0 saturated heterocycles. The van der Waals surface area contributed by atoms with Crippen LogP contribution in [-0.2, 0) is 28.3 Å². The molecule has 2 saturated carbocycles. The summed E-state index contributed by atoms with van der Waals surface area (Å²) in [5.74, 6) is -1.22. The molecule has 18 heteroatoms. The maximum absolute atomic E-state index is 12.6. The van der Waals surface area contributed by atoms with Crippen molar-refractivity contribution in [3.05, 3.63) is 0 Å². The van der Waals surface area contributed by atoms with Crippen molar-refractivity contribution in [1.82, 2.24) is 21.3 Å². The highest BCUT2D eigenvalue weighted by atomic mass is 31.2. The van der Waals surface area contributed by atoms with Crippen molar-refractivity contribution in [3.63, 3.8) is 0 Å². The minimum Gasteiger partial charge on any atom is -0.391 e. The number of nitrogens with two attached hydrogens (primary N) is 2. The van der Waals surface area contributed by atoms with E-state index >= 15 is 0 Å². The van der Waals surface area contributed by atoms with Gasteiger partial charge in [0, 0.05) is 25.4 Å². The number of hydrogen-bond acceptors (Lipinski definition) is 10. The van der Waals surface area contributed by atoms with Crippen LogP contribution in [0.25, 0.3) is 0 Å². The molecule has 0 aromatic carbocycles. The molecule has 4 amide bonds. The van der Waals surface area contributed by atoms with Crippen LogP contribution in [0.5, 0.6) is 0 Å². The van der Waals surface area contributed by atoms with E-state index in [2.05, 4.69) is 21.3 Å². The smallest absolute Gasteiger partial charge is 0.242 e. The van der Waals surface area contributed by atoms with Crippen LogP contribution in [0.2, 0.25) is 0 Å². The maximum Gasteiger partial charge on any atom is 0.242 e. The molecule has 16 nitrogen and oxygen atoms in total. The summed E-state index contributed by atoms with van der Waals surface area (Å²) >= 11 is 0. The number of rotatable bonds is 24. The first-order chi connectivity index (χ1) is 27.9. The van der Waals surface area contributed by atoms with Gasteiger partial charge in [0.15, 0.2) is 0 Å². The SMILES string of the molecule is CC(C)C[C@@H](NC(=O)[C@@H](N)C(C)C)C(=O)NC[C@H](O)CP(=O)(O)CC1CCCCC1.CCC(C)C(NC(=O)[C@@H](N)C(C)C)C(=O)NC[C@H](O)CP(=O)(O)CC1CCCCC1. The third kappa shape index (κ3) is 23.0. The molecule has 0 heterocycles. The van der Waals surface area contributed by atoms with E-state index in [1.165, 1.54) is 12.8 Å². The van der Waals surface area contributed by atoms with Gasteiger partial charge >= 0.3 is 0 Å². The van der Waals surface area contributed by atoms with E-state index in [0.29, 0.717) is 12.8 Å². The van der Waals surface area contributed by atoms with Gasteiger partial charge in [-0.1, -0.05) is 100 Å². The van der Waals surface area contributed by atoms with Gasteiger partial charge in [-0.05, 0) is 67.6 Å². The van der Waals surface area contributed by atoms with Crippen molar-refractivity contribution in [2.75, 3.05) is 37.7 Å². The summed E-state index contributed by atoms with van der Waals surface area (Å²) in [5, 5.41) is 31.1. The highest BCUT2D eigenvalue weighted by molar-refractivity contribution is 7.58. The lowest BCUT2D eigenvalue weighted by atomic mass is 9.91. The summed E-state index contributed by atoms with van der Waals surface area (Å²) in [5.41, 5.74) is 11.7. The lowest BCUT2D eigenvalue weighted by molar-refractivity contribution is -0.131. The summed E-state index contributed by atoms with van der Waals surface area (Å²) in [6.07, 6.45) is 9.45. The van der Waals surface area contributed by atoms with E-state index in [1.807, 2.05) is 55.4 Å². The summed E-state index contributed by atoms with van der Waals surface area (Å²) in [7, 11) is -6.92. The van der Waals surface area contributed by atoms with Crippen LogP contribution in [0.15, 0.2) is 0 Å². The lowest BCUT2D eigenvalue weighted by Crippen LogP contribution is -2.55. The average Bonchev–Trinajstić information content (AvgIpc) is 3.16. The Morgan fingerprint density at radius 3 is 1.37 bits per heavy atom. The Hall–Kier alpha value is -1.90. The largest absolute Gasteiger partial charge is 0.391 e. The van der Waals surface area contributed by atoms with Crippen molar-refractivity contribution in [2.24, 2.45) is 47.0 Å². The molecule has 352 valence electrons. The van der Waals surface area contributed by atoms with Gasteiger partial charge in [0.2, 0.25) is 38.4 Å². The van der Waals surface area contributed by atoms with Crippen LogP contribution in [-0.4, -0.2) is 118 Å². The Bertz CT molecular complexity index is 1390. The standard InChI is InChI=1S/2C21H42N3O5P/c1-14(2)10-18(24-21(27)19(22)15(3)4)20(26)23-11-17(25)13-30(28,29)12-16-8-6-5-7-9-16;1-5-15(4)19(24-20(26)18(22)14(2)3)21(27)23-11-17(25)13-30(28,29)12-16-9-7-6-8-10-16/h14-19,25H,5-13,22H2,1-4H3,(H,23,26)(H,24,27)(H,28,29);14-19,25H,5-13,22H2,1-4H3,(H,23,27)(H,24,26)(H,28,29)/t17-,18+,19-;15?,17-,18-,19?/m00/s1. The van der Waals surface area contributed by atoms with Gasteiger partial charge in [-0.15, -0.1) is 0 Å². The minimum absolute atomic E-state index is 0.0579. The molecule has 60 heavy (non-hydrogen) atoms. The fourth-order valence-corrected chi connectivity index (χ4v) is 11.9. The monoisotopic (exact) mass is 895 g/mol. The second-order valence-corrected chi connectivity index (χ2v) is 23.7. The predicted octanol–water partition coefficient (Wildman–Crippen LogP) is 3.66. The molecule has 0 aromatic rings. The second kappa shape index (κ2) is 28.0. The zero-order valence-electron chi connectivity index (χ0n) is 37.9. The molecule has 0 bridgehead atoms. The van der Waals surface area contributed by atoms with Gasteiger partial charge in [-0.2, -0.15) is 0 Å². The Kier molecular flexibility index (Phi) is 26.2. The molecule has 4 unspecified atom stereocenters. The van der Waals surface area contributed by atoms with Crippen molar-refractivity contribution in [2.45, 2.75) is 169 Å². The number of carbonyl (C=O) groups is 4. The van der Waals surface area contributed by atoms with Crippen molar-refractivity contribution in [1.29, 1.82) is 0 Å². The zero-order valence-corrected chi connectivity index (χ0v) is 39.7. The molecular weight excluding hydrogens is 810 g/mol. The van der Waals surface area contributed by atoms with Crippen LogP contribution >= 0.6 is 14.7 Å². The van der Waals surface area contributed by atoms with Crippen LogP contribution < -0.4 is 32.7 Å². The van der Waals surface area contributed by atoms with Crippen molar-refractivity contribution < 1.29 is 48.3 Å². The van der Waals surface area contributed by atoms with Gasteiger partial charge < -0.3 is 52.7 Å². The Labute approximate surface area is 360 Å². The molecule has 2 fully saturated rings. The van der Waals surface area contributed by atoms with Crippen LogP contribution in [0, 0.1) is 35.5 Å². The van der Waals surface area contributed by atoms with E-state index in [9.17, 15) is 48.3 Å². The molecule has 0 aliphatic heterocycles. The topological polar surface area (TPSA) is 284 Å². The normalized spacial score (nSPS) is 20.9. The fourth-order valence-electron chi connectivity index (χ4n) is 7.68. The minimum atomic E-state index is -3.46. The summed E-state index contributed by atoms with van der Waals surface area (Å²) in [6, 6.07) is -2.96. The van der Waals surface area contributed by atoms with Crippen LogP contribution in [0.1, 0.15) is 132 Å².